The van der Waals surface area contributed by atoms with E-state index in [-0.39, 0.29) is 31.7 Å². The summed E-state index contributed by atoms with van der Waals surface area (Å²) in [6.45, 7) is 13.6. The third-order valence-electron chi connectivity index (χ3n) is 13.4. The molecule has 0 amide bonds. The summed E-state index contributed by atoms with van der Waals surface area (Å²) >= 11 is 0. The molecule has 3 fully saturated rings. The van der Waals surface area contributed by atoms with Crippen molar-refractivity contribution in [2.75, 3.05) is 34.9 Å². The number of rotatable bonds is 13. The zero-order valence-electron chi connectivity index (χ0n) is 39.7. The molecular weight excluding hydrogens is 838 g/mol. The molecule has 18 nitrogen and oxygen atoms in total. The van der Waals surface area contributed by atoms with Crippen LogP contribution in [0, 0.1) is 23.7 Å². The Labute approximate surface area is 378 Å². The summed E-state index contributed by atoms with van der Waals surface area (Å²) in [5.74, 6) is -3.59. The van der Waals surface area contributed by atoms with Gasteiger partial charge in [-0.25, -0.2) is 0 Å². The molecule has 0 aromatic heterocycles. The Balaban J connectivity index is 1.62. The number of aliphatic hydroxyl groups is 5. The summed E-state index contributed by atoms with van der Waals surface area (Å²) < 4.78 is 54.7. The number of ketones is 1. The molecule has 64 heavy (non-hydrogen) atoms. The predicted molar refractivity (Wildman–Crippen MR) is 230 cm³/mol. The number of nitrogens with zero attached hydrogens (tertiary/aromatic N) is 1. The van der Waals surface area contributed by atoms with Crippen LogP contribution in [0.4, 0.5) is 0 Å². The van der Waals surface area contributed by atoms with E-state index in [0.29, 0.717) is 12.0 Å². The van der Waals surface area contributed by atoms with Gasteiger partial charge in [-0.15, -0.1) is 0 Å². The highest BCUT2D eigenvalue weighted by Crippen LogP contribution is 2.37. The molecule has 0 aliphatic carbocycles. The quantitative estimate of drug-likeness (QED) is 0.131. The molecule has 368 valence electrons. The lowest BCUT2D eigenvalue weighted by Crippen LogP contribution is -2.65. The van der Waals surface area contributed by atoms with E-state index in [0.717, 1.165) is 6.29 Å². The van der Waals surface area contributed by atoms with Crippen LogP contribution < -0.4 is 0 Å². The van der Waals surface area contributed by atoms with E-state index < -0.39 is 140 Å². The van der Waals surface area contributed by atoms with E-state index >= 15 is 0 Å². The predicted octanol–water partition coefficient (Wildman–Crippen LogP) is 1.83. The fourth-order valence-electron chi connectivity index (χ4n) is 9.51. The number of allylic oxidation sites excluding steroid dienone is 3. The average molecular weight is 916 g/mol. The van der Waals surface area contributed by atoms with Crippen molar-refractivity contribution in [1.29, 1.82) is 0 Å². The molecule has 7 unspecified atom stereocenters. The minimum Gasteiger partial charge on any atom is -0.462 e. The van der Waals surface area contributed by atoms with Gasteiger partial charge in [-0.1, -0.05) is 38.5 Å². The molecule has 4 rings (SSSR count). The van der Waals surface area contributed by atoms with Crippen LogP contribution in [0.25, 0.3) is 0 Å². The number of likely N-dealkylation sites (N-methyl/N-ethyl adjacent to an activating group) is 1. The van der Waals surface area contributed by atoms with Gasteiger partial charge in [-0.3, -0.25) is 9.59 Å². The molecule has 0 spiro atoms. The van der Waals surface area contributed by atoms with E-state index in [4.69, 9.17) is 42.6 Å². The van der Waals surface area contributed by atoms with Crippen molar-refractivity contribution in [2.24, 2.45) is 23.7 Å². The SMILES string of the molecule is CC[C@H]1OC(=O)C[C@@H](O)[C@H](C)[C@@H](O[C@@H]2O[C@H](C)C(O[C@H]3C[C@@](C)(O)C(O)[C@H](C)O3)C(N(C)C)C2O)[C@@H](CC=O)C[C@@H](C)C(=O)/C=C/C(C)=C/[C@@H]1COC1O[C@H](C)C(O)[C@@H](OC)C1OC. The highest BCUT2D eigenvalue weighted by atomic mass is 16.7. The molecule has 0 bridgehead atoms. The first kappa shape index (κ1) is 54.3. The second kappa shape index (κ2) is 24.1. The largest absolute Gasteiger partial charge is 0.462 e. The molecule has 21 atom stereocenters. The van der Waals surface area contributed by atoms with Crippen molar-refractivity contribution >= 4 is 18.0 Å². The average Bonchev–Trinajstić information content (AvgIpc) is 3.23. The van der Waals surface area contributed by atoms with Crippen LogP contribution in [0.3, 0.4) is 0 Å². The Bertz CT molecular complexity index is 1560. The zero-order chi connectivity index (χ0) is 47.8. The van der Waals surface area contributed by atoms with Crippen LogP contribution in [0.1, 0.15) is 87.5 Å². The van der Waals surface area contributed by atoms with Gasteiger partial charge < -0.3 is 77.9 Å². The van der Waals surface area contributed by atoms with Crippen molar-refractivity contribution in [1.82, 2.24) is 4.90 Å². The first-order chi connectivity index (χ1) is 30.1. The van der Waals surface area contributed by atoms with Crippen LogP contribution >= 0.6 is 0 Å². The van der Waals surface area contributed by atoms with Crippen LogP contribution in [-0.4, -0.2) is 187 Å². The fraction of sp³-hybridized carbons (Fsp3) is 0.848. The molecule has 0 aromatic carbocycles. The first-order valence-corrected chi connectivity index (χ1v) is 22.7. The van der Waals surface area contributed by atoms with Gasteiger partial charge in [-0.05, 0) is 73.5 Å². The number of carbonyl (C=O) groups excluding carboxylic acids is 3. The number of ether oxygens (including phenoxy) is 9. The second-order valence-electron chi connectivity index (χ2n) is 18.7. The van der Waals surface area contributed by atoms with Gasteiger partial charge in [-0.2, -0.15) is 0 Å². The maximum atomic E-state index is 13.8. The summed E-state index contributed by atoms with van der Waals surface area (Å²) in [6.07, 6.45) is -8.49. The molecule has 5 N–H and O–H groups in total. The Kier molecular flexibility index (Phi) is 20.5. The van der Waals surface area contributed by atoms with E-state index in [9.17, 15) is 39.9 Å². The molecule has 18 heteroatoms. The monoisotopic (exact) mass is 916 g/mol. The standard InChI is InChI=1S/C46H77NO17/c1-13-33-30(22-58-45-42(57-12)41(56-11)37(52)26(5)60-45)18-23(2)14-15-31(49)24(3)19-29(16-17-48)39(25(4)32(50)20-34(51)62-33)64-44-38(53)36(47(9)10)40(27(6)61-44)63-35-21-46(8,55)43(54)28(7)59-35/h14-15,17-18,24-30,32-33,35-45,50,52-55H,13,16,19-22H2,1-12H3/b15-14+,23-18+/t24-,25+,26-,27-,28+,29+,30-,32-,33-,35+,36?,37?,38?,39-,40?,41-,42?,43?,44+,45?,46-/m1/s1. The Morgan fingerprint density at radius 3 is 2.11 bits per heavy atom. The van der Waals surface area contributed by atoms with Crippen LogP contribution in [-0.2, 0) is 57.0 Å². The molecule has 3 saturated heterocycles. The molecule has 4 aliphatic heterocycles. The molecule has 0 radical (unpaired) electrons. The summed E-state index contributed by atoms with van der Waals surface area (Å²) in [6, 6.07) is -0.748. The van der Waals surface area contributed by atoms with Gasteiger partial charge in [0.25, 0.3) is 0 Å². The number of aliphatic hydroxyl groups excluding tert-OH is 4. The summed E-state index contributed by atoms with van der Waals surface area (Å²) in [4.78, 5) is 41.5. The number of esters is 1. The fourth-order valence-corrected chi connectivity index (χ4v) is 9.51. The molecule has 4 aliphatic rings. The number of methoxy groups -OCH3 is 2. The lowest BCUT2D eigenvalue weighted by atomic mass is 9.79. The van der Waals surface area contributed by atoms with Crippen molar-refractivity contribution in [3.63, 3.8) is 0 Å². The van der Waals surface area contributed by atoms with Gasteiger partial charge in [0.05, 0.1) is 55.2 Å². The number of hydrogen-bond acceptors (Lipinski definition) is 18. The minimum absolute atomic E-state index is 0.00788. The van der Waals surface area contributed by atoms with Crippen molar-refractivity contribution in [3.8, 4) is 0 Å². The lowest BCUT2D eigenvalue weighted by molar-refractivity contribution is -0.341. The van der Waals surface area contributed by atoms with E-state index in [2.05, 4.69) is 0 Å². The zero-order valence-corrected chi connectivity index (χ0v) is 39.7. The van der Waals surface area contributed by atoms with E-state index in [1.165, 1.54) is 27.2 Å². The van der Waals surface area contributed by atoms with Gasteiger partial charge in [0.2, 0.25) is 0 Å². The Hall–Kier alpha value is -2.27. The van der Waals surface area contributed by atoms with Crippen LogP contribution in [0.5, 0.6) is 0 Å². The van der Waals surface area contributed by atoms with E-state index in [1.807, 2.05) is 19.9 Å². The molecule has 0 saturated carbocycles. The molecular formula is C46H77NO17. The first-order valence-electron chi connectivity index (χ1n) is 22.7. The smallest absolute Gasteiger partial charge is 0.308 e. The van der Waals surface area contributed by atoms with Gasteiger partial charge in [0.15, 0.2) is 24.7 Å². The van der Waals surface area contributed by atoms with Crippen LogP contribution in [0.2, 0.25) is 0 Å². The van der Waals surface area contributed by atoms with Gasteiger partial charge >= 0.3 is 5.97 Å². The third kappa shape index (κ3) is 13.5. The summed E-state index contributed by atoms with van der Waals surface area (Å²) in [7, 11) is 6.43. The van der Waals surface area contributed by atoms with Crippen molar-refractivity contribution in [2.45, 2.75) is 191 Å². The second-order valence-corrected chi connectivity index (χ2v) is 18.7. The van der Waals surface area contributed by atoms with Gasteiger partial charge in [0, 0.05) is 44.8 Å². The summed E-state index contributed by atoms with van der Waals surface area (Å²) in [5, 5.41) is 55.8. The van der Waals surface area contributed by atoms with E-state index in [1.54, 1.807) is 59.7 Å². The summed E-state index contributed by atoms with van der Waals surface area (Å²) in [5.41, 5.74) is -0.806. The number of carbonyl (C=O) groups is 3. The number of aldehydes is 1. The Morgan fingerprint density at radius 1 is 0.859 bits per heavy atom. The molecule has 4 heterocycles. The van der Waals surface area contributed by atoms with Gasteiger partial charge in [0.1, 0.15) is 49.0 Å². The van der Waals surface area contributed by atoms with Crippen molar-refractivity contribution in [3.05, 3.63) is 23.8 Å². The maximum Gasteiger partial charge on any atom is 0.308 e. The third-order valence-corrected chi connectivity index (χ3v) is 13.4. The topological polar surface area (TPSA) is 239 Å². The maximum absolute atomic E-state index is 13.8. The number of cyclic esters (lactones) is 1. The number of hydrogen-bond donors (Lipinski definition) is 5. The normalized spacial score (nSPS) is 45.9. The Morgan fingerprint density at radius 2 is 1.52 bits per heavy atom. The van der Waals surface area contributed by atoms with Crippen molar-refractivity contribution < 1.29 is 82.5 Å². The lowest BCUT2D eigenvalue weighted by Gasteiger charge is -2.50. The van der Waals surface area contributed by atoms with Crippen LogP contribution in [0.15, 0.2) is 23.8 Å². The molecule has 0 aromatic rings. The minimum atomic E-state index is -1.49. The highest BCUT2D eigenvalue weighted by Gasteiger charge is 2.52. The highest BCUT2D eigenvalue weighted by molar-refractivity contribution is 5.91.